The van der Waals surface area contributed by atoms with E-state index < -0.39 is 7.81 Å². The Labute approximate surface area is 418 Å². The fraction of sp³-hybridized carbons (Fsp3) is 0.310. The Balaban J connectivity index is 0.000000239. The number of rotatable bonds is 6. The second-order valence-electron chi connectivity index (χ2n) is 19.3. The number of nitrogens with one attached hydrogen (secondary N) is 2. The van der Waals surface area contributed by atoms with E-state index in [9.17, 15) is 25.2 Å². The number of aryl methyl sites for hydroxylation is 18. The van der Waals surface area contributed by atoms with Gasteiger partial charge >= 0.3 is 33.0 Å². The van der Waals surface area contributed by atoms with Crippen LogP contribution in [0.2, 0.25) is 0 Å². The van der Waals surface area contributed by atoms with E-state index in [0.29, 0.717) is 0 Å². The second kappa shape index (κ2) is 21.5. The first kappa shape index (κ1) is 57.2. The predicted octanol–water partition coefficient (Wildman–Crippen LogP) is 18.8. The summed E-state index contributed by atoms with van der Waals surface area (Å²) in [5, 5.41) is 13.0. The molecule has 1 heterocycles. The van der Waals surface area contributed by atoms with Gasteiger partial charge in [-0.25, -0.2) is 0 Å². The van der Waals surface area contributed by atoms with Crippen molar-refractivity contribution < 1.29 is 25.2 Å². The fourth-order valence-electron chi connectivity index (χ4n) is 9.71. The van der Waals surface area contributed by atoms with Gasteiger partial charge in [-0.15, -0.1) is 17.1 Å². The van der Waals surface area contributed by atoms with Crippen molar-refractivity contribution in [1.29, 1.82) is 0 Å². The van der Waals surface area contributed by atoms with Gasteiger partial charge in [0.1, 0.15) is 0 Å². The topological polar surface area (TPSA) is 55.3 Å². The second-order valence-corrected chi connectivity index (χ2v) is 21.2. The molecule has 7 rings (SSSR count). The van der Waals surface area contributed by atoms with Crippen molar-refractivity contribution in [3.05, 3.63) is 190 Å². The van der Waals surface area contributed by atoms with Crippen molar-refractivity contribution >= 4 is 36.3 Å². The van der Waals surface area contributed by atoms with Crippen LogP contribution in [0.3, 0.4) is 0 Å². The number of hydrogen-bond acceptors (Lipinski definition) is 5. The van der Waals surface area contributed by atoms with E-state index in [-0.39, 0.29) is 0 Å². The van der Waals surface area contributed by atoms with Crippen LogP contribution in [0.4, 0.5) is 47.9 Å². The Hall–Kier alpha value is -6.41. The van der Waals surface area contributed by atoms with Crippen LogP contribution in [0.1, 0.15) is 111 Å². The summed E-state index contributed by atoms with van der Waals surface area (Å²) in [7, 11) is -10.7. The third-order valence-corrected chi connectivity index (χ3v) is 11.8. The van der Waals surface area contributed by atoms with E-state index in [0.717, 1.165) is 28.1 Å². The molecule has 0 saturated heterocycles. The number of terminal acetylenes is 1. The maximum atomic E-state index is 9.87. The molecular weight excluding hydrogens is 926 g/mol. The van der Waals surface area contributed by atoms with E-state index >= 15 is 0 Å². The molecule has 6 aromatic rings. The summed E-state index contributed by atoms with van der Waals surface area (Å²) in [4.78, 5) is 0. The third kappa shape index (κ3) is 16.3. The zero-order chi connectivity index (χ0) is 53.7. The Kier molecular flexibility index (Phi) is 17.3. The summed E-state index contributed by atoms with van der Waals surface area (Å²) in [5.41, 5.74) is 37.1. The zero-order valence-electron chi connectivity index (χ0n) is 44.6. The molecule has 0 unspecified atom stereocenters. The molecule has 0 atom stereocenters. The molecule has 0 spiro atoms. The number of hydrogen-bond donors (Lipinski definition) is 2. The van der Waals surface area contributed by atoms with Crippen molar-refractivity contribution in [3.8, 4) is 12.3 Å². The van der Waals surface area contributed by atoms with Crippen LogP contribution < -0.4 is 21.0 Å². The van der Waals surface area contributed by atoms with Crippen LogP contribution in [0, 0.1) is 137 Å². The van der Waals surface area contributed by atoms with Crippen molar-refractivity contribution in [3.63, 3.8) is 0 Å². The molecule has 0 amide bonds. The van der Waals surface area contributed by atoms with Crippen molar-refractivity contribution in [2.24, 2.45) is 10.3 Å². The monoisotopic (exact) mass is 996 g/mol. The maximum absolute atomic E-state index is 10.7. The number of anilines is 3. The van der Waals surface area contributed by atoms with Gasteiger partial charge in [0.25, 0.3) is 0 Å². The Morgan fingerprint density at radius 3 is 1.13 bits per heavy atom. The quantitative estimate of drug-likeness (QED) is 0.0574. The van der Waals surface area contributed by atoms with Crippen LogP contribution in [-0.4, -0.2) is 0 Å². The molecule has 1 aliphatic heterocycles. The van der Waals surface area contributed by atoms with Gasteiger partial charge in [0.15, 0.2) is 0 Å². The SMILES string of the molecule is C#Cc1c(C)cc(C)cc1C.Cc1cc(C)c(C2=CN(c3c(C)cc(C)cc3C)NN2c2c(C)cc(C)cc2C)c(C)c1.Cc1cc(C)c(N=NNc2c(C)cc(C)cc2C)c(C)c1.F[P-](F)(F)(F)(F)F. The van der Waals surface area contributed by atoms with Crippen LogP contribution in [0.5, 0.6) is 0 Å². The van der Waals surface area contributed by atoms with E-state index in [1.165, 1.54) is 112 Å². The van der Waals surface area contributed by atoms with Crippen LogP contribution in [0.15, 0.2) is 89.3 Å². The first-order chi connectivity index (χ1) is 32.5. The van der Waals surface area contributed by atoms with Gasteiger partial charge in [-0.2, -0.15) is 0 Å². The number of benzene rings is 6. The minimum absolute atomic E-state index is 0.940. The Morgan fingerprint density at radius 2 is 0.761 bits per heavy atom. The first-order valence-electron chi connectivity index (χ1n) is 23.3. The van der Waals surface area contributed by atoms with Crippen LogP contribution in [0.25, 0.3) is 5.70 Å². The summed E-state index contributed by atoms with van der Waals surface area (Å²) >= 11 is 0. The summed E-state index contributed by atoms with van der Waals surface area (Å²) < 4.78 is 59.2. The van der Waals surface area contributed by atoms with Gasteiger partial charge in [-0.3, -0.25) is 15.4 Å². The summed E-state index contributed by atoms with van der Waals surface area (Å²) in [6, 6.07) is 26.4. The molecule has 13 heteroatoms. The molecule has 0 aliphatic carbocycles. The Bertz CT molecular complexity index is 2940. The number of nitrogens with zero attached hydrogens (tertiary/aromatic N) is 4. The fourth-order valence-corrected chi connectivity index (χ4v) is 9.71. The van der Waals surface area contributed by atoms with Crippen molar-refractivity contribution in [2.45, 2.75) is 125 Å². The van der Waals surface area contributed by atoms with E-state index in [1.54, 1.807) is 0 Å². The van der Waals surface area contributed by atoms with Gasteiger partial charge in [0, 0.05) is 17.3 Å². The molecule has 0 aromatic heterocycles. The normalized spacial score (nSPS) is 13.2. The number of hydrazine groups is 2. The van der Waals surface area contributed by atoms with Gasteiger partial charge < -0.3 is 0 Å². The molecule has 1 aliphatic rings. The summed E-state index contributed by atoms with van der Waals surface area (Å²) in [6.07, 6.45) is 7.61. The molecular formula is C58H70F6N6P-. The zero-order valence-corrected chi connectivity index (χ0v) is 45.5. The first-order valence-corrected chi connectivity index (χ1v) is 25.3. The molecule has 0 radical (unpaired) electrons. The van der Waals surface area contributed by atoms with Gasteiger partial charge in [-0.05, 0) is 191 Å². The molecule has 0 saturated carbocycles. The summed E-state index contributed by atoms with van der Waals surface area (Å²) in [5.74, 6) is 2.69. The third-order valence-electron chi connectivity index (χ3n) is 11.8. The van der Waals surface area contributed by atoms with Gasteiger partial charge in [0.05, 0.1) is 28.4 Å². The van der Waals surface area contributed by atoms with Gasteiger partial charge in [-0.1, -0.05) is 117 Å². The van der Waals surface area contributed by atoms with E-state index in [4.69, 9.17) is 6.42 Å². The van der Waals surface area contributed by atoms with Crippen LogP contribution >= 0.6 is 7.81 Å². The molecule has 71 heavy (non-hydrogen) atoms. The average Bonchev–Trinajstić information content (AvgIpc) is 3.57. The molecule has 6 nitrogen and oxygen atoms in total. The van der Waals surface area contributed by atoms with Crippen LogP contribution in [-0.2, 0) is 0 Å². The standard InChI is InChI=1S/C29H35N3.C18H23N3.C11H12.F6P/c1-17-10-20(4)27(21(5)11-17)26-16-31(28-22(6)12-18(2)13-23(28)7)30-32(26)29-24(8)14-19(3)15-25(29)9;1-11-7-13(3)17(14(4)8-11)19-21-20-18-15(5)9-12(2)10-16(18)6;1-5-11-9(3)6-8(2)7-10(11)4;1-7(2,3,4,5)6/h10-16,30H,1-9H3;7-10H,1-6H3,(H,19,20);1,6-7H,2-4H3;/q;;;-1. The summed E-state index contributed by atoms with van der Waals surface area (Å²) in [6.45, 7) is 38.4. The van der Waals surface area contributed by atoms with Crippen molar-refractivity contribution in [2.75, 3.05) is 15.4 Å². The molecule has 0 fully saturated rings. The van der Waals surface area contributed by atoms with Crippen molar-refractivity contribution in [1.82, 2.24) is 5.53 Å². The molecule has 380 valence electrons. The Morgan fingerprint density at radius 1 is 0.451 bits per heavy atom. The van der Waals surface area contributed by atoms with E-state index in [2.05, 4.69) is 241 Å². The minimum atomic E-state index is -10.7. The van der Waals surface area contributed by atoms with E-state index in [1.807, 2.05) is 0 Å². The number of halogens is 6. The molecule has 2 N–H and O–H groups in total. The van der Waals surface area contributed by atoms with Gasteiger partial charge in [0.2, 0.25) is 0 Å². The predicted molar refractivity (Wildman–Crippen MR) is 290 cm³/mol. The molecule has 0 bridgehead atoms. The molecule has 6 aromatic carbocycles. The average molecular weight is 996 g/mol.